The Morgan fingerprint density at radius 3 is 2.64 bits per heavy atom. The maximum Gasteiger partial charge on any atom is 0.270 e. The fraction of sp³-hybridized carbons (Fsp3) is 0.267. The molecule has 0 spiro atoms. The molecule has 0 aliphatic carbocycles. The Balaban J connectivity index is 1.70. The van der Waals surface area contributed by atoms with E-state index in [-0.39, 0.29) is 28.7 Å². The molecule has 2 heterocycles. The lowest BCUT2D eigenvalue weighted by Crippen LogP contribution is -2.36. The minimum atomic E-state index is -3.11. The SMILES string of the molecule is O=C(NC1CCS(=O)(=O)C1)c1cc(Nc2ccc(F)c(F)c2)ncn1. The van der Waals surface area contributed by atoms with Crippen LogP contribution in [0.4, 0.5) is 20.3 Å². The minimum Gasteiger partial charge on any atom is -0.347 e. The van der Waals surface area contributed by atoms with Crippen LogP contribution in [0.25, 0.3) is 0 Å². The maximum absolute atomic E-state index is 13.2. The number of benzene rings is 1. The third kappa shape index (κ3) is 4.27. The van der Waals surface area contributed by atoms with Gasteiger partial charge in [0.15, 0.2) is 21.5 Å². The molecular formula is C15H14F2N4O3S. The molecule has 7 nitrogen and oxygen atoms in total. The molecule has 132 valence electrons. The molecule has 0 bridgehead atoms. The Kier molecular flexibility index (Phi) is 4.62. The first-order valence-electron chi connectivity index (χ1n) is 7.38. The van der Waals surface area contributed by atoms with Crippen LogP contribution in [-0.2, 0) is 9.84 Å². The van der Waals surface area contributed by atoms with Crippen LogP contribution in [0.2, 0.25) is 0 Å². The Morgan fingerprint density at radius 2 is 1.96 bits per heavy atom. The van der Waals surface area contributed by atoms with Crippen LogP contribution in [0.3, 0.4) is 0 Å². The van der Waals surface area contributed by atoms with Crippen molar-refractivity contribution in [2.45, 2.75) is 12.5 Å². The quantitative estimate of drug-likeness (QED) is 0.846. The van der Waals surface area contributed by atoms with Gasteiger partial charge in [-0.05, 0) is 18.6 Å². The monoisotopic (exact) mass is 368 g/mol. The van der Waals surface area contributed by atoms with Crippen molar-refractivity contribution in [1.82, 2.24) is 15.3 Å². The van der Waals surface area contributed by atoms with Crippen molar-refractivity contribution in [3.05, 3.63) is 47.9 Å². The van der Waals surface area contributed by atoms with E-state index in [0.29, 0.717) is 6.42 Å². The zero-order valence-corrected chi connectivity index (χ0v) is 13.7. The summed E-state index contributed by atoms with van der Waals surface area (Å²) in [6.45, 7) is 0. The Hall–Kier alpha value is -2.62. The predicted molar refractivity (Wildman–Crippen MR) is 86.2 cm³/mol. The Bertz CT molecular complexity index is 921. The van der Waals surface area contributed by atoms with Gasteiger partial charge in [-0.15, -0.1) is 0 Å². The second-order valence-corrected chi connectivity index (χ2v) is 7.84. The largest absolute Gasteiger partial charge is 0.347 e. The number of sulfone groups is 1. The van der Waals surface area contributed by atoms with E-state index in [4.69, 9.17) is 0 Å². The van der Waals surface area contributed by atoms with E-state index in [9.17, 15) is 22.0 Å². The van der Waals surface area contributed by atoms with E-state index in [1.54, 1.807) is 0 Å². The van der Waals surface area contributed by atoms with Crippen molar-refractivity contribution >= 4 is 27.2 Å². The highest BCUT2D eigenvalue weighted by molar-refractivity contribution is 7.91. The van der Waals surface area contributed by atoms with Gasteiger partial charge in [-0.1, -0.05) is 0 Å². The van der Waals surface area contributed by atoms with Crippen LogP contribution in [-0.4, -0.2) is 41.8 Å². The lowest BCUT2D eigenvalue weighted by Gasteiger charge is -2.11. The molecule has 10 heteroatoms. The molecule has 1 aliphatic rings. The van der Waals surface area contributed by atoms with Crippen molar-refractivity contribution < 1.29 is 22.0 Å². The van der Waals surface area contributed by atoms with E-state index < -0.39 is 33.4 Å². The molecule has 1 atom stereocenters. The van der Waals surface area contributed by atoms with Crippen LogP contribution in [0.5, 0.6) is 0 Å². The molecule has 1 aromatic carbocycles. The van der Waals surface area contributed by atoms with Crippen LogP contribution in [0.1, 0.15) is 16.9 Å². The van der Waals surface area contributed by atoms with Crippen molar-refractivity contribution in [2.75, 3.05) is 16.8 Å². The average molecular weight is 368 g/mol. The summed E-state index contributed by atoms with van der Waals surface area (Å²) in [6, 6.07) is 4.13. The first-order valence-corrected chi connectivity index (χ1v) is 9.20. The van der Waals surface area contributed by atoms with Crippen LogP contribution in [0.15, 0.2) is 30.6 Å². The van der Waals surface area contributed by atoms with E-state index in [1.807, 2.05) is 0 Å². The highest BCUT2D eigenvalue weighted by Gasteiger charge is 2.29. The summed E-state index contributed by atoms with van der Waals surface area (Å²) in [7, 11) is -3.11. The van der Waals surface area contributed by atoms with Gasteiger partial charge in [0.1, 0.15) is 17.8 Å². The highest BCUT2D eigenvalue weighted by Crippen LogP contribution is 2.18. The first-order chi connectivity index (χ1) is 11.8. The standard InChI is InChI=1S/C15H14F2N4O3S/c16-11-2-1-9(5-12(11)17)20-14-6-13(18-8-19-14)15(22)21-10-3-4-25(23,24)7-10/h1-2,5-6,8,10H,3-4,7H2,(H,21,22)(H,18,19,20). The maximum atomic E-state index is 13.2. The number of carbonyl (C=O) groups is 1. The van der Waals surface area contributed by atoms with Crippen molar-refractivity contribution in [3.8, 4) is 0 Å². The summed E-state index contributed by atoms with van der Waals surface area (Å²) in [5, 5.41) is 5.35. The van der Waals surface area contributed by atoms with Gasteiger partial charge in [-0.2, -0.15) is 0 Å². The smallest absolute Gasteiger partial charge is 0.270 e. The van der Waals surface area contributed by atoms with Crippen molar-refractivity contribution in [2.24, 2.45) is 0 Å². The second kappa shape index (κ2) is 6.71. The third-order valence-corrected chi connectivity index (χ3v) is 5.43. The molecule has 3 rings (SSSR count). The van der Waals surface area contributed by atoms with Crippen molar-refractivity contribution in [1.29, 1.82) is 0 Å². The summed E-state index contributed by atoms with van der Waals surface area (Å²) >= 11 is 0. The predicted octanol–water partition coefficient (Wildman–Crippen LogP) is 1.42. The fourth-order valence-corrected chi connectivity index (χ4v) is 4.11. The summed E-state index contributed by atoms with van der Waals surface area (Å²) in [5.74, 6) is -2.35. The molecule has 0 saturated carbocycles. The summed E-state index contributed by atoms with van der Waals surface area (Å²) < 4.78 is 49.0. The Morgan fingerprint density at radius 1 is 1.16 bits per heavy atom. The molecule has 1 aromatic heterocycles. The van der Waals surface area contributed by atoms with Crippen LogP contribution in [0, 0.1) is 11.6 Å². The molecule has 2 N–H and O–H groups in total. The number of aromatic nitrogens is 2. The number of nitrogens with one attached hydrogen (secondary N) is 2. The van der Waals surface area contributed by atoms with Gasteiger partial charge in [0.25, 0.3) is 5.91 Å². The van der Waals surface area contributed by atoms with Crippen LogP contribution < -0.4 is 10.6 Å². The summed E-state index contributed by atoms with van der Waals surface area (Å²) in [5.41, 5.74) is 0.287. The lowest BCUT2D eigenvalue weighted by atomic mass is 10.2. The highest BCUT2D eigenvalue weighted by atomic mass is 32.2. The van der Waals surface area contributed by atoms with Gasteiger partial charge < -0.3 is 10.6 Å². The number of carbonyl (C=O) groups excluding carboxylic acids is 1. The number of rotatable bonds is 4. The lowest BCUT2D eigenvalue weighted by molar-refractivity contribution is 0.0936. The molecule has 2 aromatic rings. The number of hydrogen-bond acceptors (Lipinski definition) is 6. The normalized spacial score (nSPS) is 18.7. The number of nitrogens with zero attached hydrogens (tertiary/aromatic N) is 2. The number of anilines is 2. The Labute approximate surface area is 142 Å². The average Bonchev–Trinajstić information content (AvgIpc) is 2.90. The molecule has 25 heavy (non-hydrogen) atoms. The van der Waals surface area contributed by atoms with Gasteiger partial charge in [0.05, 0.1) is 11.5 Å². The molecule has 1 fully saturated rings. The van der Waals surface area contributed by atoms with Crippen LogP contribution >= 0.6 is 0 Å². The zero-order chi connectivity index (χ0) is 18.0. The molecule has 1 aliphatic heterocycles. The van der Waals surface area contributed by atoms with E-state index in [1.165, 1.54) is 12.1 Å². The summed E-state index contributed by atoms with van der Waals surface area (Å²) in [4.78, 5) is 19.9. The fourth-order valence-electron chi connectivity index (χ4n) is 2.44. The number of amides is 1. The van der Waals surface area contributed by atoms with E-state index in [0.717, 1.165) is 18.5 Å². The zero-order valence-electron chi connectivity index (χ0n) is 12.9. The van der Waals surface area contributed by atoms with E-state index >= 15 is 0 Å². The molecule has 1 amide bonds. The summed E-state index contributed by atoms with van der Waals surface area (Å²) in [6.07, 6.45) is 1.50. The molecule has 0 radical (unpaired) electrons. The number of hydrogen-bond donors (Lipinski definition) is 2. The first kappa shape index (κ1) is 17.2. The van der Waals surface area contributed by atoms with Gasteiger partial charge >= 0.3 is 0 Å². The van der Waals surface area contributed by atoms with Gasteiger partial charge in [-0.25, -0.2) is 27.2 Å². The number of halogens is 2. The van der Waals surface area contributed by atoms with Gasteiger partial charge in [0, 0.05) is 23.9 Å². The molecule has 1 saturated heterocycles. The molecule has 1 unspecified atom stereocenters. The van der Waals surface area contributed by atoms with E-state index in [2.05, 4.69) is 20.6 Å². The third-order valence-electron chi connectivity index (χ3n) is 3.66. The minimum absolute atomic E-state index is 0.0318. The van der Waals surface area contributed by atoms with Gasteiger partial charge in [0.2, 0.25) is 0 Å². The topological polar surface area (TPSA) is 101 Å². The molecular weight excluding hydrogens is 354 g/mol. The van der Waals surface area contributed by atoms with Crippen molar-refractivity contribution in [3.63, 3.8) is 0 Å². The second-order valence-electron chi connectivity index (χ2n) is 5.62. The van der Waals surface area contributed by atoms with Gasteiger partial charge in [-0.3, -0.25) is 4.79 Å².